The molecule has 0 spiro atoms. The second kappa shape index (κ2) is 3.66. The Hall–Kier alpha value is -1.32. The van der Waals surface area contributed by atoms with Gasteiger partial charge in [0.1, 0.15) is 5.70 Å². The molecule has 4 nitrogen and oxygen atoms in total. The summed E-state index contributed by atoms with van der Waals surface area (Å²) in [6.45, 7) is 4.54. The molecule has 0 saturated heterocycles. The van der Waals surface area contributed by atoms with E-state index in [9.17, 15) is 9.59 Å². The highest BCUT2D eigenvalue weighted by Gasteiger charge is 2.06. The Morgan fingerprint density at radius 3 is 2.30 bits per heavy atom. The number of hydrogen-bond donors (Lipinski definition) is 1. The number of hydrogen-bond acceptors (Lipinski definition) is 3. The number of carbonyl (C=O) groups excluding carboxylic acids is 2. The molecule has 0 saturated carbocycles. The van der Waals surface area contributed by atoms with Crippen LogP contribution in [0.4, 0.5) is 0 Å². The average molecular weight is 144 g/mol. The molecule has 0 aliphatic carbocycles. The van der Waals surface area contributed by atoms with Crippen LogP contribution in [0.2, 0.25) is 0 Å². The van der Waals surface area contributed by atoms with Gasteiger partial charge in [-0.1, -0.05) is 6.58 Å². The summed E-state index contributed by atoms with van der Waals surface area (Å²) in [7, 11) is 1.22. The molecule has 0 aromatic heterocycles. The Morgan fingerprint density at radius 1 is 1.50 bits per heavy atom. The van der Waals surface area contributed by atoms with E-state index in [-0.39, 0.29) is 11.6 Å². The van der Waals surface area contributed by atoms with Crippen molar-refractivity contribution in [3.63, 3.8) is 0 Å². The van der Waals surface area contributed by atoms with Crippen LogP contribution in [0.25, 0.3) is 0 Å². The summed E-state index contributed by atoms with van der Waals surface area (Å²) in [5, 5.41) is 2.19. The summed E-state index contributed by atoms with van der Waals surface area (Å²) in [4.78, 5) is 20.8. The summed E-state index contributed by atoms with van der Waals surface area (Å²) < 4.78 is 4.26. The number of carbonyl (C=O) groups is 2. The highest BCUT2D eigenvalue weighted by atomic mass is 16.5. The number of rotatable bonds is 2. The van der Waals surface area contributed by atoms with Crippen molar-refractivity contribution in [3.8, 4) is 0 Å². The second-order valence-corrected chi connectivity index (χ2v) is 1.65. The largest absolute Gasteiger partial charge is 0.464 e. The van der Waals surface area contributed by atoms with Gasteiger partial charge in [-0.25, -0.2) is 4.79 Å². The van der Waals surface area contributed by atoms with Crippen molar-refractivity contribution in [1.29, 1.82) is 0 Å². The van der Waals surface area contributed by atoms with Gasteiger partial charge in [0.05, 0.1) is 7.11 Å². The van der Waals surface area contributed by atoms with E-state index in [1.807, 2.05) is 0 Å². The van der Waals surface area contributed by atoms with Gasteiger partial charge in [-0.3, -0.25) is 4.79 Å². The molecule has 0 aliphatic heterocycles. The summed E-state index contributed by atoms with van der Waals surface area (Å²) in [5.41, 5.74) is -0.0463. The van der Waals surface area contributed by atoms with Crippen LogP contribution in [0.5, 0.6) is 0 Å². The molecule has 1 amide bonds. The maximum absolute atomic E-state index is 10.5. The van der Waals surface area contributed by atoms with Gasteiger partial charge in [0, 0.05) is 6.92 Å². The Morgan fingerprint density at radius 2 is 2.00 bits per heavy atom. The number of methoxy groups -OCH3 is 1. The molecule has 0 atom stereocenters. The molecular formula is C6H9NO3. The van der Waals surface area contributed by atoms with Gasteiger partial charge in [-0.2, -0.15) is 0 Å². The van der Waals surface area contributed by atoms with Crippen LogP contribution in [0.1, 0.15) is 6.92 Å². The zero-order valence-corrected chi connectivity index (χ0v) is 5.93. The normalized spacial score (nSPS) is 8.20. The van der Waals surface area contributed by atoms with Crippen LogP contribution in [-0.2, 0) is 14.3 Å². The first-order valence-electron chi connectivity index (χ1n) is 2.62. The standard InChI is InChI=1S/C6H9NO3/c1-4(6(9)10-3)7-5(2)8/h1H2,2-3H3,(H,7,8)/i4+1. The van der Waals surface area contributed by atoms with Crippen LogP contribution in [-0.4, -0.2) is 19.0 Å². The highest BCUT2D eigenvalue weighted by Crippen LogP contribution is 1.86. The molecule has 0 aromatic carbocycles. The lowest BCUT2D eigenvalue weighted by Gasteiger charge is -2.01. The second-order valence-electron chi connectivity index (χ2n) is 1.65. The Labute approximate surface area is 58.9 Å². The maximum atomic E-state index is 10.5. The minimum Gasteiger partial charge on any atom is -0.464 e. The van der Waals surface area contributed by atoms with Crippen molar-refractivity contribution < 1.29 is 14.3 Å². The Balaban J connectivity index is 3.86. The van der Waals surface area contributed by atoms with Crippen LogP contribution < -0.4 is 5.32 Å². The third-order valence-corrected chi connectivity index (χ3v) is 0.759. The minimum absolute atomic E-state index is 0.0463. The van der Waals surface area contributed by atoms with E-state index in [0.29, 0.717) is 0 Å². The van der Waals surface area contributed by atoms with Gasteiger partial charge in [0.15, 0.2) is 0 Å². The van der Waals surface area contributed by atoms with E-state index in [0.717, 1.165) is 0 Å². The zero-order valence-electron chi connectivity index (χ0n) is 5.93. The lowest BCUT2D eigenvalue weighted by atomic mass is 10.7. The van der Waals surface area contributed by atoms with Crippen molar-refractivity contribution >= 4 is 11.9 Å². The number of esters is 1. The number of nitrogens with one attached hydrogen (secondary N) is 1. The molecule has 0 aromatic rings. The van der Waals surface area contributed by atoms with Gasteiger partial charge in [-0.05, 0) is 0 Å². The molecule has 56 valence electrons. The summed E-state index contributed by atoms with van der Waals surface area (Å²) in [5.74, 6) is -0.967. The van der Waals surface area contributed by atoms with Gasteiger partial charge in [0.2, 0.25) is 5.91 Å². The van der Waals surface area contributed by atoms with Crippen LogP contribution in [0.15, 0.2) is 12.3 Å². The fraction of sp³-hybridized carbons (Fsp3) is 0.333. The smallest absolute Gasteiger partial charge is 0.353 e. The zero-order chi connectivity index (χ0) is 8.15. The van der Waals surface area contributed by atoms with Gasteiger partial charge in [-0.15, -0.1) is 0 Å². The molecule has 4 heteroatoms. The van der Waals surface area contributed by atoms with Crippen LogP contribution >= 0.6 is 0 Å². The van der Waals surface area contributed by atoms with Crippen molar-refractivity contribution in [1.82, 2.24) is 5.32 Å². The van der Waals surface area contributed by atoms with Crippen molar-refractivity contribution in [3.05, 3.63) is 12.3 Å². The van der Waals surface area contributed by atoms with Crippen LogP contribution in [0.3, 0.4) is 0 Å². The summed E-state index contributed by atoms with van der Waals surface area (Å²) in [6, 6.07) is 0. The van der Waals surface area contributed by atoms with Crippen molar-refractivity contribution in [2.45, 2.75) is 6.92 Å². The van der Waals surface area contributed by atoms with Crippen LogP contribution in [0, 0.1) is 0 Å². The lowest BCUT2D eigenvalue weighted by Crippen LogP contribution is -2.24. The van der Waals surface area contributed by atoms with Gasteiger partial charge in [0.25, 0.3) is 0 Å². The molecule has 0 bridgehead atoms. The monoisotopic (exact) mass is 144 g/mol. The number of amides is 1. The van der Waals surface area contributed by atoms with E-state index in [1.54, 1.807) is 0 Å². The van der Waals surface area contributed by atoms with E-state index in [1.165, 1.54) is 14.0 Å². The van der Waals surface area contributed by atoms with E-state index < -0.39 is 5.97 Å². The molecule has 0 fully saturated rings. The molecule has 0 heterocycles. The molecule has 10 heavy (non-hydrogen) atoms. The molecular weight excluding hydrogens is 135 g/mol. The third-order valence-electron chi connectivity index (χ3n) is 0.759. The predicted molar refractivity (Wildman–Crippen MR) is 35.0 cm³/mol. The van der Waals surface area contributed by atoms with Gasteiger partial charge < -0.3 is 10.1 Å². The van der Waals surface area contributed by atoms with Crippen molar-refractivity contribution in [2.75, 3.05) is 7.11 Å². The van der Waals surface area contributed by atoms with E-state index >= 15 is 0 Å². The first kappa shape index (κ1) is 8.68. The SMILES string of the molecule is C=[13C](NC(C)=O)C(=O)OC. The fourth-order valence-corrected chi connectivity index (χ4v) is 0.387. The van der Waals surface area contributed by atoms with Crippen molar-refractivity contribution in [2.24, 2.45) is 0 Å². The minimum atomic E-state index is -0.629. The van der Waals surface area contributed by atoms with E-state index in [2.05, 4.69) is 16.6 Å². The molecule has 0 radical (unpaired) electrons. The number of ether oxygens (including phenoxy) is 1. The maximum Gasteiger partial charge on any atom is 0.353 e. The lowest BCUT2D eigenvalue weighted by molar-refractivity contribution is -0.137. The Kier molecular flexibility index (Phi) is 3.17. The summed E-state index contributed by atoms with van der Waals surface area (Å²) in [6.07, 6.45) is 0. The first-order chi connectivity index (χ1) is 4.57. The molecule has 0 rings (SSSR count). The third kappa shape index (κ3) is 2.86. The fourth-order valence-electron chi connectivity index (χ4n) is 0.387. The summed E-state index contributed by atoms with van der Waals surface area (Å²) >= 11 is 0. The molecule has 1 N–H and O–H groups in total. The molecule has 0 unspecified atom stereocenters. The quantitative estimate of drug-likeness (QED) is 0.332. The predicted octanol–water partition coefficient (Wildman–Crippen LogP) is -0.191. The topological polar surface area (TPSA) is 55.4 Å². The average Bonchev–Trinajstić information content (AvgIpc) is 1.85. The highest BCUT2D eigenvalue weighted by molar-refractivity contribution is 5.92. The Bertz CT molecular complexity index is 174. The molecule has 0 aliphatic rings. The first-order valence-corrected chi connectivity index (χ1v) is 2.62. The van der Waals surface area contributed by atoms with E-state index in [4.69, 9.17) is 0 Å². The van der Waals surface area contributed by atoms with Gasteiger partial charge >= 0.3 is 5.97 Å².